The fourth-order valence-corrected chi connectivity index (χ4v) is 1.78. The molecule has 0 aromatic heterocycles. The first-order valence-electron chi connectivity index (χ1n) is 5.72. The summed E-state index contributed by atoms with van der Waals surface area (Å²) in [6.07, 6.45) is 1.13. The van der Waals surface area contributed by atoms with Crippen LogP contribution in [-0.2, 0) is 14.4 Å². The molecule has 1 saturated heterocycles. The number of amides is 2. The minimum atomic E-state index is -1.05. The Morgan fingerprint density at radius 2 is 2.18 bits per heavy atom. The largest absolute Gasteiger partial charge is 0.480 e. The highest BCUT2D eigenvalue weighted by atomic mass is 16.4. The van der Waals surface area contributed by atoms with Gasteiger partial charge in [-0.3, -0.25) is 9.59 Å². The summed E-state index contributed by atoms with van der Waals surface area (Å²) in [5, 5.41) is 13.9. The second kappa shape index (κ2) is 5.65. The standard InChI is InChI=1S/C11H18N2O4/c1-6(2)5-8(11(16)17)13-10(15)7-3-4-9(14)12-7/h6-8H,3-5H2,1-2H3,(H,12,14)(H,13,15)(H,16,17). The summed E-state index contributed by atoms with van der Waals surface area (Å²) in [4.78, 5) is 33.6. The zero-order chi connectivity index (χ0) is 13.0. The van der Waals surface area contributed by atoms with Crippen LogP contribution >= 0.6 is 0 Å². The van der Waals surface area contributed by atoms with Gasteiger partial charge in [0.25, 0.3) is 0 Å². The molecule has 1 rings (SSSR count). The van der Waals surface area contributed by atoms with Crippen molar-refractivity contribution >= 4 is 17.8 Å². The molecule has 1 aliphatic heterocycles. The van der Waals surface area contributed by atoms with Crippen LogP contribution in [0, 0.1) is 5.92 Å². The first-order valence-corrected chi connectivity index (χ1v) is 5.72. The lowest BCUT2D eigenvalue weighted by Crippen LogP contribution is -2.49. The number of rotatable bonds is 5. The molecule has 17 heavy (non-hydrogen) atoms. The van der Waals surface area contributed by atoms with E-state index >= 15 is 0 Å². The molecular weight excluding hydrogens is 224 g/mol. The molecule has 2 amide bonds. The van der Waals surface area contributed by atoms with Crippen molar-refractivity contribution in [2.24, 2.45) is 5.92 Å². The maximum Gasteiger partial charge on any atom is 0.326 e. The lowest BCUT2D eigenvalue weighted by molar-refractivity contribution is -0.142. The summed E-state index contributed by atoms with van der Waals surface area (Å²) in [6, 6.07) is -1.48. The average Bonchev–Trinajstić information content (AvgIpc) is 2.63. The van der Waals surface area contributed by atoms with Crippen molar-refractivity contribution in [3.8, 4) is 0 Å². The normalized spacial score (nSPS) is 21.1. The van der Waals surface area contributed by atoms with Gasteiger partial charge in [-0.15, -0.1) is 0 Å². The number of hydrogen-bond donors (Lipinski definition) is 3. The molecule has 0 radical (unpaired) electrons. The van der Waals surface area contributed by atoms with E-state index in [4.69, 9.17) is 5.11 Å². The highest BCUT2D eigenvalue weighted by Gasteiger charge is 2.30. The van der Waals surface area contributed by atoms with Crippen molar-refractivity contribution in [3.63, 3.8) is 0 Å². The molecule has 1 heterocycles. The lowest BCUT2D eigenvalue weighted by Gasteiger charge is -2.18. The highest BCUT2D eigenvalue weighted by Crippen LogP contribution is 2.09. The molecular formula is C11H18N2O4. The predicted octanol–water partition coefficient (Wildman–Crippen LogP) is -0.119. The average molecular weight is 242 g/mol. The van der Waals surface area contributed by atoms with Crippen LogP contribution in [0.4, 0.5) is 0 Å². The van der Waals surface area contributed by atoms with Crippen LogP contribution in [0.15, 0.2) is 0 Å². The van der Waals surface area contributed by atoms with Crippen LogP contribution in [0.5, 0.6) is 0 Å². The first kappa shape index (κ1) is 13.5. The van der Waals surface area contributed by atoms with Gasteiger partial charge in [0.15, 0.2) is 0 Å². The zero-order valence-electron chi connectivity index (χ0n) is 10.0. The fourth-order valence-electron chi connectivity index (χ4n) is 1.78. The number of carbonyl (C=O) groups is 3. The Balaban J connectivity index is 2.52. The van der Waals surface area contributed by atoms with Crippen molar-refractivity contribution in [2.45, 2.75) is 45.2 Å². The Morgan fingerprint density at radius 3 is 2.59 bits per heavy atom. The SMILES string of the molecule is CC(C)CC(NC(=O)C1CCC(=O)N1)C(=O)O. The van der Waals surface area contributed by atoms with Crippen LogP contribution < -0.4 is 10.6 Å². The Bertz CT molecular complexity index is 327. The smallest absolute Gasteiger partial charge is 0.326 e. The molecule has 1 fully saturated rings. The van der Waals surface area contributed by atoms with Gasteiger partial charge in [-0.1, -0.05) is 13.8 Å². The molecule has 0 aromatic carbocycles. The summed E-state index contributed by atoms with van der Waals surface area (Å²) in [5.41, 5.74) is 0. The van der Waals surface area contributed by atoms with E-state index in [0.717, 1.165) is 0 Å². The number of nitrogens with one attached hydrogen (secondary N) is 2. The molecule has 96 valence electrons. The highest BCUT2D eigenvalue weighted by molar-refractivity contribution is 5.92. The van der Waals surface area contributed by atoms with Crippen LogP contribution in [-0.4, -0.2) is 35.0 Å². The van der Waals surface area contributed by atoms with E-state index in [-0.39, 0.29) is 11.8 Å². The molecule has 0 aromatic rings. The molecule has 6 heteroatoms. The van der Waals surface area contributed by atoms with E-state index in [0.29, 0.717) is 19.3 Å². The van der Waals surface area contributed by atoms with Crippen molar-refractivity contribution < 1.29 is 19.5 Å². The Hall–Kier alpha value is -1.59. The molecule has 6 nitrogen and oxygen atoms in total. The molecule has 2 unspecified atom stereocenters. The van der Waals surface area contributed by atoms with Gasteiger partial charge in [-0.05, 0) is 18.8 Å². The maximum absolute atomic E-state index is 11.7. The fraction of sp³-hybridized carbons (Fsp3) is 0.727. The van der Waals surface area contributed by atoms with E-state index in [1.807, 2.05) is 13.8 Å². The molecule has 0 bridgehead atoms. The topological polar surface area (TPSA) is 95.5 Å². The second-order valence-corrected chi connectivity index (χ2v) is 4.69. The number of carbonyl (C=O) groups excluding carboxylic acids is 2. The van der Waals surface area contributed by atoms with Gasteiger partial charge < -0.3 is 15.7 Å². The van der Waals surface area contributed by atoms with Gasteiger partial charge in [0.1, 0.15) is 12.1 Å². The third-order valence-electron chi connectivity index (χ3n) is 2.63. The van der Waals surface area contributed by atoms with Crippen molar-refractivity contribution in [2.75, 3.05) is 0 Å². The van der Waals surface area contributed by atoms with Crippen LogP contribution in [0.1, 0.15) is 33.1 Å². The Labute approximate surface area is 99.8 Å². The van der Waals surface area contributed by atoms with E-state index in [9.17, 15) is 14.4 Å². The van der Waals surface area contributed by atoms with Crippen molar-refractivity contribution in [1.29, 1.82) is 0 Å². The molecule has 0 saturated carbocycles. The van der Waals surface area contributed by atoms with Gasteiger partial charge in [-0.2, -0.15) is 0 Å². The molecule has 2 atom stereocenters. The number of aliphatic carboxylic acids is 1. The molecule has 3 N–H and O–H groups in total. The zero-order valence-corrected chi connectivity index (χ0v) is 10.0. The van der Waals surface area contributed by atoms with Crippen LogP contribution in [0.25, 0.3) is 0 Å². The van der Waals surface area contributed by atoms with Gasteiger partial charge >= 0.3 is 5.97 Å². The van der Waals surface area contributed by atoms with E-state index in [1.165, 1.54) is 0 Å². The molecule has 1 aliphatic rings. The van der Waals surface area contributed by atoms with Crippen LogP contribution in [0.3, 0.4) is 0 Å². The number of carboxylic acid groups (broad SMARTS) is 1. The van der Waals surface area contributed by atoms with Gasteiger partial charge in [0.2, 0.25) is 11.8 Å². The van der Waals surface area contributed by atoms with Gasteiger partial charge in [0.05, 0.1) is 0 Å². The molecule has 0 aliphatic carbocycles. The van der Waals surface area contributed by atoms with Crippen molar-refractivity contribution in [3.05, 3.63) is 0 Å². The number of hydrogen-bond acceptors (Lipinski definition) is 3. The van der Waals surface area contributed by atoms with Crippen molar-refractivity contribution in [1.82, 2.24) is 10.6 Å². The second-order valence-electron chi connectivity index (χ2n) is 4.69. The predicted molar refractivity (Wildman–Crippen MR) is 60.2 cm³/mol. The van der Waals surface area contributed by atoms with Gasteiger partial charge in [0, 0.05) is 6.42 Å². The minimum Gasteiger partial charge on any atom is -0.480 e. The Kier molecular flexibility index (Phi) is 4.48. The summed E-state index contributed by atoms with van der Waals surface area (Å²) < 4.78 is 0. The van der Waals surface area contributed by atoms with E-state index in [1.54, 1.807) is 0 Å². The third-order valence-corrected chi connectivity index (χ3v) is 2.63. The summed E-state index contributed by atoms with van der Waals surface area (Å²) in [5.74, 6) is -1.45. The summed E-state index contributed by atoms with van der Waals surface area (Å²) in [6.45, 7) is 3.78. The first-order chi connectivity index (χ1) is 7.90. The maximum atomic E-state index is 11.7. The van der Waals surface area contributed by atoms with E-state index in [2.05, 4.69) is 10.6 Å². The Morgan fingerprint density at radius 1 is 1.53 bits per heavy atom. The molecule has 0 spiro atoms. The monoisotopic (exact) mass is 242 g/mol. The third kappa shape index (κ3) is 4.05. The summed E-state index contributed by atoms with van der Waals surface area (Å²) >= 11 is 0. The quantitative estimate of drug-likeness (QED) is 0.626. The van der Waals surface area contributed by atoms with E-state index < -0.39 is 24.0 Å². The van der Waals surface area contributed by atoms with Crippen LogP contribution in [0.2, 0.25) is 0 Å². The van der Waals surface area contributed by atoms with Gasteiger partial charge in [-0.25, -0.2) is 4.79 Å². The lowest BCUT2D eigenvalue weighted by atomic mass is 10.0. The minimum absolute atomic E-state index is 0.166. The number of carboxylic acids is 1. The summed E-state index contributed by atoms with van der Waals surface area (Å²) in [7, 11) is 0.